The number of aromatic nitrogens is 2. The Balaban J connectivity index is 0.000000377. The monoisotopic (exact) mass is 694 g/mol. The van der Waals surface area contributed by atoms with Crippen LogP contribution in [0, 0.1) is 11.8 Å². The van der Waals surface area contributed by atoms with E-state index < -0.39 is 24.1 Å². The van der Waals surface area contributed by atoms with Crippen molar-refractivity contribution in [3.63, 3.8) is 0 Å². The van der Waals surface area contributed by atoms with Crippen molar-refractivity contribution < 1.29 is 28.6 Å². The van der Waals surface area contributed by atoms with Gasteiger partial charge in [0, 0.05) is 31.1 Å². The molecule has 0 spiro atoms. The number of carbonyl (C=O) groups is 3. The molecule has 3 aromatic rings. The number of nitrogens with zero attached hydrogens (tertiary/aromatic N) is 2. The molecule has 0 fully saturated rings. The Hall–Kier alpha value is -4.71. The van der Waals surface area contributed by atoms with Gasteiger partial charge in [-0.15, -0.1) is 0 Å². The molecule has 2 unspecified atom stereocenters. The molecule has 0 aliphatic carbocycles. The van der Waals surface area contributed by atoms with Gasteiger partial charge in [-0.05, 0) is 86.7 Å². The average Bonchev–Trinajstić information content (AvgIpc) is 3.07. The fraction of sp³-hybridized carbons (Fsp3) is 0.500. The first-order chi connectivity index (χ1) is 23.9. The molecule has 0 saturated heterocycles. The van der Waals surface area contributed by atoms with Crippen molar-refractivity contribution in [1.29, 1.82) is 0 Å². The summed E-state index contributed by atoms with van der Waals surface area (Å²) in [5.74, 6) is -0.226. The predicted octanol–water partition coefficient (Wildman–Crippen LogP) is 4.97. The van der Waals surface area contributed by atoms with Gasteiger partial charge >= 0.3 is 18.0 Å². The van der Waals surface area contributed by atoms with Crippen molar-refractivity contribution in [2.75, 3.05) is 26.3 Å². The molecule has 2 heterocycles. The zero-order valence-corrected chi connectivity index (χ0v) is 30.3. The standard InChI is InChI=1S/C23H30N2O5.C15H24N2O3/c1-4-29-22(27)20(14-17(2)3)25-13-11-18(15-21(25)26)10-12-24-23(28)30-16-19-8-6-5-7-9-19;1-4-20-15(19)13(9-11(2)3)17-8-6-12(5-7-16)10-14(17)18/h5-9,11,13,15,17,20H,4,10,12,14,16H2,1-3H3,(H,24,28);6,8,10-11,13H,4-5,7,9,16H2,1-3H3. The Kier molecular flexibility index (Phi) is 18.3. The number of nitrogens with one attached hydrogen (secondary N) is 1. The molecule has 0 bridgehead atoms. The van der Waals surface area contributed by atoms with E-state index >= 15 is 0 Å². The molecule has 1 aromatic carbocycles. The summed E-state index contributed by atoms with van der Waals surface area (Å²) in [6, 6.07) is 14.9. The Bertz CT molecular complexity index is 1600. The highest BCUT2D eigenvalue weighted by molar-refractivity contribution is 5.74. The van der Waals surface area contributed by atoms with Gasteiger partial charge in [-0.1, -0.05) is 58.0 Å². The second-order valence-electron chi connectivity index (χ2n) is 12.6. The topological polar surface area (TPSA) is 161 Å². The van der Waals surface area contributed by atoms with Crippen LogP contribution in [-0.4, -0.2) is 53.5 Å². The number of ether oxygens (including phenoxy) is 3. The number of alkyl carbamates (subject to hydrolysis) is 1. The fourth-order valence-electron chi connectivity index (χ4n) is 5.15. The van der Waals surface area contributed by atoms with E-state index in [0.29, 0.717) is 51.3 Å². The van der Waals surface area contributed by atoms with Crippen LogP contribution < -0.4 is 22.2 Å². The number of rotatable bonds is 17. The molecule has 0 saturated carbocycles. The van der Waals surface area contributed by atoms with Gasteiger partial charge in [0.05, 0.1) is 13.2 Å². The van der Waals surface area contributed by atoms with Crippen LogP contribution in [0.4, 0.5) is 4.79 Å². The Morgan fingerprint density at radius 2 is 1.18 bits per heavy atom. The molecule has 274 valence electrons. The molecule has 50 heavy (non-hydrogen) atoms. The molecular formula is C38H54N4O8. The van der Waals surface area contributed by atoms with E-state index in [9.17, 15) is 24.0 Å². The largest absolute Gasteiger partial charge is 0.464 e. The SMILES string of the molecule is CCOC(=O)C(CC(C)C)n1ccc(CCN)cc1=O.CCOC(=O)C(CC(C)C)n1ccc(CCNC(=O)OCc2ccccc2)cc1=O. The van der Waals surface area contributed by atoms with E-state index in [1.807, 2.05) is 64.1 Å². The summed E-state index contributed by atoms with van der Waals surface area (Å²) in [6.45, 7) is 13.1. The van der Waals surface area contributed by atoms with Gasteiger partial charge in [-0.3, -0.25) is 9.59 Å². The van der Waals surface area contributed by atoms with Crippen LogP contribution in [0.5, 0.6) is 0 Å². The summed E-state index contributed by atoms with van der Waals surface area (Å²) in [5.41, 5.74) is 7.60. The third-order valence-electron chi connectivity index (χ3n) is 7.53. The number of carbonyl (C=O) groups excluding carboxylic acids is 3. The van der Waals surface area contributed by atoms with Crippen molar-refractivity contribution in [2.24, 2.45) is 17.6 Å². The number of pyridine rings is 2. The number of hydrogen-bond acceptors (Lipinski definition) is 9. The highest BCUT2D eigenvalue weighted by Crippen LogP contribution is 2.19. The van der Waals surface area contributed by atoms with Crippen LogP contribution in [0.2, 0.25) is 0 Å². The van der Waals surface area contributed by atoms with Crippen LogP contribution in [0.3, 0.4) is 0 Å². The molecule has 2 atom stereocenters. The summed E-state index contributed by atoms with van der Waals surface area (Å²) >= 11 is 0. The third kappa shape index (κ3) is 14.4. The van der Waals surface area contributed by atoms with Crippen molar-refractivity contribution in [1.82, 2.24) is 14.5 Å². The zero-order valence-electron chi connectivity index (χ0n) is 30.3. The molecule has 0 aliphatic heterocycles. The smallest absolute Gasteiger partial charge is 0.407 e. The summed E-state index contributed by atoms with van der Waals surface area (Å²) < 4.78 is 18.2. The van der Waals surface area contributed by atoms with Crippen molar-refractivity contribution in [3.8, 4) is 0 Å². The summed E-state index contributed by atoms with van der Waals surface area (Å²) in [5, 5.41) is 2.68. The molecule has 2 aromatic heterocycles. The molecule has 1 amide bonds. The van der Waals surface area contributed by atoms with E-state index in [1.165, 1.54) is 15.2 Å². The highest BCUT2D eigenvalue weighted by atomic mass is 16.5. The number of hydrogen-bond donors (Lipinski definition) is 2. The highest BCUT2D eigenvalue weighted by Gasteiger charge is 2.25. The number of esters is 2. The van der Waals surface area contributed by atoms with Crippen LogP contribution in [0.25, 0.3) is 0 Å². The predicted molar refractivity (Wildman–Crippen MR) is 193 cm³/mol. The number of amides is 1. The Labute approximate surface area is 294 Å². The number of benzene rings is 1. The molecule has 0 radical (unpaired) electrons. The van der Waals surface area contributed by atoms with Crippen LogP contribution in [-0.2, 0) is 43.2 Å². The minimum Gasteiger partial charge on any atom is -0.464 e. The molecule has 12 nitrogen and oxygen atoms in total. The van der Waals surface area contributed by atoms with Gasteiger partial charge in [0.2, 0.25) is 0 Å². The van der Waals surface area contributed by atoms with Crippen LogP contribution in [0.1, 0.15) is 83.2 Å². The maximum atomic E-state index is 12.6. The fourth-order valence-corrected chi connectivity index (χ4v) is 5.15. The van der Waals surface area contributed by atoms with Gasteiger partial charge < -0.3 is 34.4 Å². The van der Waals surface area contributed by atoms with Gasteiger partial charge in [-0.25, -0.2) is 14.4 Å². The minimum absolute atomic E-state index is 0.186. The van der Waals surface area contributed by atoms with Crippen LogP contribution in [0.15, 0.2) is 76.6 Å². The van der Waals surface area contributed by atoms with E-state index in [4.69, 9.17) is 19.9 Å². The van der Waals surface area contributed by atoms with Gasteiger partial charge in [-0.2, -0.15) is 0 Å². The average molecular weight is 695 g/mol. The van der Waals surface area contributed by atoms with E-state index in [1.54, 1.807) is 38.4 Å². The first-order valence-electron chi connectivity index (χ1n) is 17.3. The second-order valence-corrected chi connectivity index (χ2v) is 12.6. The first-order valence-corrected chi connectivity index (χ1v) is 17.3. The summed E-state index contributed by atoms with van der Waals surface area (Å²) in [4.78, 5) is 60.9. The van der Waals surface area contributed by atoms with Crippen LogP contribution >= 0.6 is 0 Å². The third-order valence-corrected chi connectivity index (χ3v) is 7.53. The Morgan fingerprint density at radius 3 is 1.60 bits per heavy atom. The maximum Gasteiger partial charge on any atom is 0.407 e. The van der Waals surface area contributed by atoms with Gasteiger partial charge in [0.15, 0.2) is 0 Å². The van der Waals surface area contributed by atoms with E-state index in [0.717, 1.165) is 16.7 Å². The summed E-state index contributed by atoms with van der Waals surface area (Å²) in [7, 11) is 0. The molecule has 12 heteroatoms. The molecule has 0 aliphatic rings. The summed E-state index contributed by atoms with van der Waals surface area (Å²) in [6.07, 6.45) is 5.01. The van der Waals surface area contributed by atoms with Crippen molar-refractivity contribution >= 4 is 18.0 Å². The number of nitrogens with two attached hydrogens (primary N) is 1. The molecule has 3 N–H and O–H groups in total. The van der Waals surface area contributed by atoms with E-state index in [-0.39, 0.29) is 36.2 Å². The zero-order chi connectivity index (χ0) is 37.1. The minimum atomic E-state index is -0.641. The lowest BCUT2D eigenvalue weighted by Gasteiger charge is -2.20. The van der Waals surface area contributed by atoms with Gasteiger partial charge in [0.1, 0.15) is 18.7 Å². The Morgan fingerprint density at radius 1 is 0.700 bits per heavy atom. The lowest BCUT2D eigenvalue weighted by atomic mass is 10.0. The van der Waals surface area contributed by atoms with Gasteiger partial charge in [0.25, 0.3) is 11.1 Å². The molecular weight excluding hydrogens is 640 g/mol. The second kappa shape index (κ2) is 22.1. The van der Waals surface area contributed by atoms with Crippen molar-refractivity contribution in [3.05, 3.63) is 104 Å². The van der Waals surface area contributed by atoms with Crippen molar-refractivity contribution in [2.45, 2.75) is 85.9 Å². The maximum absolute atomic E-state index is 12.6. The lowest BCUT2D eigenvalue weighted by Crippen LogP contribution is -2.32. The quantitative estimate of drug-likeness (QED) is 0.147. The first kappa shape index (κ1) is 41.5. The molecule has 3 rings (SSSR count). The lowest BCUT2D eigenvalue weighted by molar-refractivity contribution is -0.148. The normalized spacial score (nSPS) is 12.0. The van der Waals surface area contributed by atoms with E-state index in [2.05, 4.69) is 5.32 Å².